The first-order valence-corrected chi connectivity index (χ1v) is 5.64. The normalized spacial score (nSPS) is 9.67. The summed E-state index contributed by atoms with van der Waals surface area (Å²) in [6.45, 7) is 1.93. The van der Waals surface area contributed by atoms with E-state index in [1.54, 1.807) is 14.0 Å². The van der Waals surface area contributed by atoms with E-state index in [1.165, 1.54) is 0 Å². The van der Waals surface area contributed by atoms with Gasteiger partial charge >= 0.3 is 11.9 Å². The van der Waals surface area contributed by atoms with E-state index < -0.39 is 11.9 Å². The lowest BCUT2D eigenvalue weighted by molar-refractivity contribution is -0.167. The number of carbonyl (C=O) groups excluding carboxylic acids is 2. The lowest BCUT2D eigenvalue weighted by atomic mass is 10.1. The predicted octanol–water partition coefficient (Wildman–Crippen LogP) is 1.34. The third-order valence-corrected chi connectivity index (χ3v) is 2.23. The lowest BCUT2D eigenvalue weighted by Crippen LogP contribution is -2.21. The topological polar surface area (TPSA) is 61.8 Å². The molecule has 5 nitrogen and oxygen atoms in total. The van der Waals surface area contributed by atoms with Gasteiger partial charge in [0.15, 0.2) is 0 Å². The molecular formula is C13H16O5. The van der Waals surface area contributed by atoms with E-state index >= 15 is 0 Å². The van der Waals surface area contributed by atoms with Gasteiger partial charge in [0.1, 0.15) is 5.75 Å². The highest BCUT2D eigenvalue weighted by Gasteiger charge is 2.15. The molecule has 0 radical (unpaired) electrons. The fourth-order valence-corrected chi connectivity index (χ4v) is 1.30. The number of rotatable bonds is 5. The van der Waals surface area contributed by atoms with Crippen molar-refractivity contribution >= 4 is 11.9 Å². The molecule has 0 aliphatic carbocycles. The summed E-state index contributed by atoms with van der Waals surface area (Å²) in [5.41, 5.74) is 0.993. The maximum Gasteiger partial charge on any atom is 0.417 e. The molecule has 0 saturated heterocycles. The van der Waals surface area contributed by atoms with Crippen LogP contribution in [0.15, 0.2) is 24.3 Å². The quantitative estimate of drug-likeness (QED) is 0.584. The van der Waals surface area contributed by atoms with Crippen LogP contribution in [0.3, 0.4) is 0 Å². The lowest BCUT2D eigenvalue weighted by Gasteiger charge is -2.05. The van der Waals surface area contributed by atoms with Crippen molar-refractivity contribution < 1.29 is 23.8 Å². The van der Waals surface area contributed by atoms with Crippen LogP contribution in [0.5, 0.6) is 5.75 Å². The minimum atomic E-state index is -0.953. The second-order valence-electron chi connectivity index (χ2n) is 3.45. The Morgan fingerprint density at radius 3 is 2.22 bits per heavy atom. The molecule has 0 fully saturated rings. The van der Waals surface area contributed by atoms with E-state index in [1.807, 2.05) is 24.3 Å². The van der Waals surface area contributed by atoms with E-state index in [4.69, 9.17) is 9.47 Å². The third-order valence-electron chi connectivity index (χ3n) is 2.23. The number of ether oxygens (including phenoxy) is 3. The van der Waals surface area contributed by atoms with E-state index in [-0.39, 0.29) is 13.2 Å². The Labute approximate surface area is 106 Å². The van der Waals surface area contributed by atoms with Crippen LogP contribution in [0, 0.1) is 0 Å². The van der Waals surface area contributed by atoms with Crippen molar-refractivity contribution in [3.63, 3.8) is 0 Å². The van der Waals surface area contributed by atoms with Gasteiger partial charge in [0.05, 0.1) is 20.3 Å². The zero-order valence-corrected chi connectivity index (χ0v) is 10.5. The number of esters is 2. The average molecular weight is 252 g/mol. The summed E-state index contributed by atoms with van der Waals surface area (Å²) in [4.78, 5) is 22.1. The molecule has 0 aliphatic heterocycles. The fourth-order valence-electron chi connectivity index (χ4n) is 1.30. The monoisotopic (exact) mass is 252 g/mol. The molecule has 0 unspecified atom stereocenters. The molecule has 0 bridgehead atoms. The third kappa shape index (κ3) is 4.45. The molecule has 0 N–H and O–H groups in total. The predicted molar refractivity (Wildman–Crippen MR) is 64.3 cm³/mol. The van der Waals surface area contributed by atoms with Gasteiger partial charge in [-0.25, -0.2) is 9.59 Å². The summed E-state index contributed by atoms with van der Waals surface area (Å²) in [5.74, 6) is -1.14. The number of carbonyl (C=O) groups is 2. The maximum absolute atomic E-state index is 11.1. The van der Waals surface area contributed by atoms with Crippen molar-refractivity contribution in [1.29, 1.82) is 0 Å². The Hall–Kier alpha value is -2.04. The summed E-state index contributed by atoms with van der Waals surface area (Å²) < 4.78 is 14.3. The number of hydrogen-bond acceptors (Lipinski definition) is 5. The standard InChI is InChI=1S/C13H16O5/c1-3-17-12(14)13(15)18-9-8-10-4-6-11(16-2)7-5-10/h4-7H,3,8-9H2,1-2H3. The second kappa shape index (κ2) is 7.32. The Morgan fingerprint density at radius 1 is 1.06 bits per heavy atom. The Morgan fingerprint density at radius 2 is 1.67 bits per heavy atom. The first-order chi connectivity index (χ1) is 8.67. The van der Waals surface area contributed by atoms with Gasteiger partial charge in [-0.15, -0.1) is 0 Å². The minimum absolute atomic E-state index is 0.143. The summed E-state index contributed by atoms with van der Waals surface area (Å²) in [6.07, 6.45) is 0.537. The summed E-state index contributed by atoms with van der Waals surface area (Å²) in [5, 5.41) is 0. The fraction of sp³-hybridized carbons (Fsp3) is 0.385. The van der Waals surface area contributed by atoms with Crippen LogP contribution < -0.4 is 4.74 Å². The Kier molecular flexibility index (Phi) is 5.70. The maximum atomic E-state index is 11.1. The highest BCUT2D eigenvalue weighted by atomic mass is 16.6. The van der Waals surface area contributed by atoms with Crippen LogP contribution in [0.25, 0.3) is 0 Å². The van der Waals surface area contributed by atoms with Crippen LogP contribution in [-0.2, 0) is 25.5 Å². The molecule has 1 aromatic carbocycles. The van der Waals surface area contributed by atoms with Gasteiger partial charge in [-0.3, -0.25) is 0 Å². The molecule has 18 heavy (non-hydrogen) atoms. The largest absolute Gasteiger partial charge is 0.497 e. The number of hydrogen-bond donors (Lipinski definition) is 0. The molecule has 0 amide bonds. The second-order valence-corrected chi connectivity index (χ2v) is 3.45. The molecular weight excluding hydrogens is 236 g/mol. The van der Waals surface area contributed by atoms with Crippen molar-refractivity contribution in [1.82, 2.24) is 0 Å². The minimum Gasteiger partial charge on any atom is -0.497 e. The van der Waals surface area contributed by atoms with Crippen LogP contribution in [0.2, 0.25) is 0 Å². The molecule has 0 aromatic heterocycles. The summed E-state index contributed by atoms with van der Waals surface area (Å²) in [7, 11) is 1.59. The van der Waals surface area contributed by atoms with E-state index in [0.717, 1.165) is 11.3 Å². The number of methoxy groups -OCH3 is 1. The van der Waals surface area contributed by atoms with Gasteiger partial charge in [0.2, 0.25) is 0 Å². The van der Waals surface area contributed by atoms with Crippen LogP contribution in [-0.4, -0.2) is 32.3 Å². The van der Waals surface area contributed by atoms with Crippen molar-refractivity contribution in [3.05, 3.63) is 29.8 Å². The zero-order chi connectivity index (χ0) is 13.4. The molecule has 0 saturated carbocycles. The van der Waals surface area contributed by atoms with Crippen molar-refractivity contribution in [2.24, 2.45) is 0 Å². The van der Waals surface area contributed by atoms with Gasteiger partial charge in [0.25, 0.3) is 0 Å². The van der Waals surface area contributed by atoms with Crippen molar-refractivity contribution in [2.45, 2.75) is 13.3 Å². The van der Waals surface area contributed by atoms with Crippen LogP contribution in [0.4, 0.5) is 0 Å². The summed E-state index contributed by atoms with van der Waals surface area (Å²) in [6, 6.07) is 7.39. The van der Waals surface area contributed by atoms with Gasteiger partial charge in [-0.2, -0.15) is 0 Å². The highest BCUT2D eigenvalue weighted by molar-refractivity contribution is 6.29. The first-order valence-electron chi connectivity index (χ1n) is 5.64. The molecule has 0 aliphatic rings. The first kappa shape index (κ1) is 14.0. The highest BCUT2D eigenvalue weighted by Crippen LogP contribution is 2.11. The molecule has 0 atom stereocenters. The molecule has 98 valence electrons. The Balaban J connectivity index is 2.32. The van der Waals surface area contributed by atoms with E-state index in [9.17, 15) is 9.59 Å². The molecule has 0 spiro atoms. The van der Waals surface area contributed by atoms with Gasteiger partial charge < -0.3 is 14.2 Å². The van der Waals surface area contributed by atoms with Crippen LogP contribution >= 0.6 is 0 Å². The molecule has 1 aromatic rings. The molecule has 0 heterocycles. The average Bonchev–Trinajstić information content (AvgIpc) is 2.39. The molecule has 5 heteroatoms. The van der Waals surface area contributed by atoms with Crippen molar-refractivity contribution in [2.75, 3.05) is 20.3 Å². The van der Waals surface area contributed by atoms with E-state index in [0.29, 0.717) is 6.42 Å². The smallest absolute Gasteiger partial charge is 0.417 e. The Bertz CT molecular complexity index is 396. The zero-order valence-electron chi connectivity index (χ0n) is 10.5. The molecule has 1 rings (SSSR count). The summed E-state index contributed by atoms with van der Waals surface area (Å²) >= 11 is 0. The SMILES string of the molecule is CCOC(=O)C(=O)OCCc1ccc(OC)cc1. The van der Waals surface area contributed by atoms with Gasteiger partial charge in [0, 0.05) is 6.42 Å². The van der Waals surface area contributed by atoms with Gasteiger partial charge in [-0.1, -0.05) is 12.1 Å². The number of benzene rings is 1. The van der Waals surface area contributed by atoms with Crippen molar-refractivity contribution in [3.8, 4) is 5.75 Å². The van der Waals surface area contributed by atoms with E-state index in [2.05, 4.69) is 4.74 Å². The van der Waals surface area contributed by atoms with Crippen LogP contribution in [0.1, 0.15) is 12.5 Å². The van der Waals surface area contributed by atoms with Gasteiger partial charge in [-0.05, 0) is 24.6 Å².